The summed E-state index contributed by atoms with van der Waals surface area (Å²) in [6.07, 6.45) is 2.88. The fourth-order valence-electron chi connectivity index (χ4n) is 0.916. The molecule has 0 aliphatic rings. The third-order valence-electron chi connectivity index (χ3n) is 1.73. The summed E-state index contributed by atoms with van der Waals surface area (Å²) >= 11 is 3.25. The number of rotatable bonds is 3. The molecule has 1 rings (SSSR count). The summed E-state index contributed by atoms with van der Waals surface area (Å²) in [5.41, 5.74) is -0.127. The molecule has 5 heteroatoms. The summed E-state index contributed by atoms with van der Waals surface area (Å²) in [7, 11) is 1.62. The van der Waals surface area contributed by atoms with Crippen LogP contribution in [0.5, 0.6) is 0 Å². The van der Waals surface area contributed by atoms with Gasteiger partial charge in [-0.25, -0.2) is 0 Å². The minimum absolute atomic E-state index is 0.0106. The van der Waals surface area contributed by atoms with E-state index in [0.717, 1.165) is 0 Å². The van der Waals surface area contributed by atoms with Crippen LogP contribution in [0.3, 0.4) is 0 Å². The molecule has 0 saturated carbocycles. The van der Waals surface area contributed by atoms with Gasteiger partial charge in [0, 0.05) is 7.11 Å². The molecule has 0 spiro atoms. The van der Waals surface area contributed by atoms with Crippen molar-refractivity contribution in [2.75, 3.05) is 7.11 Å². The highest BCUT2D eigenvalue weighted by molar-refractivity contribution is 9.10. The Balaban J connectivity index is 2.93. The molecule has 1 unspecified atom stereocenters. The summed E-state index contributed by atoms with van der Waals surface area (Å²) in [6.45, 7) is 2.43. The minimum atomic E-state index is -0.127. The van der Waals surface area contributed by atoms with Crippen LogP contribution >= 0.6 is 15.9 Å². The maximum atomic E-state index is 11.3. The van der Waals surface area contributed by atoms with Crippen LogP contribution in [0.2, 0.25) is 0 Å². The van der Waals surface area contributed by atoms with E-state index in [1.807, 2.05) is 6.92 Å². The lowest BCUT2D eigenvalue weighted by Gasteiger charge is -2.12. The molecule has 1 atom stereocenters. The standard InChI is InChI=1S/C8H11BrN2O2/c1-6(13-2)5-11-7(9)3-10-4-8(11)12/h3-4,6H,5H2,1-2H3. The molecule has 1 aromatic rings. The van der Waals surface area contributed by atoms with Crippen molar-refractivity contribution >= 4 is 15.9 Å². The Hall–Kier alpha value is -0.680. The predicted molar refractivity (Wildman–Crippen MR) is 52.7 cm³/mol. The van der Waals surface area contributed by atoms with E-state index in [4.69, 9.17) is 4.74 Å². The van der Waals surface area contributed by atoms with Crippen molar-refractivity contribution in [1.29, 1.82) is 0 Å². The van der Waals surface area contributed by atoms with Gasteiger partial charge in [0.05, 0.1) is 25.0 Å². The van der Waals surface area contributed by atoms with Crippen molar-refractivity contribution in [3.8, 4) is 0 Å². The van der Waals surface area contributed by atoms with E-state index in [-0.39, 0.29) is 11.7 Å². The Morgan fingerprint density at radius 3 is 2.92 bits per heavy atom. The predicted octanol–water partition coefficient (Wildman–Crippen LogP) is 1.04. The molecule has 0 radical (unpaired) electrons. The van der Waals surface area contributed by atoms with Gasteiger partial charge in [0.15, 0.2) is 0 Å². The van der Waals surface area contributed by atoms with E-state index in [1.54, 1.807) is 17.9 Å². The largest absolute Gasteiger partial charge is 0.380 e. The first kappa shape index (κ1) is 10.4. The normalized spacial score (nSPS) is 12.8. The van der Waals surface area contributed by atoms with Crippen LogP contribution in [0.4, 0.5) is 0 Å². The Labute approximate surface area is 84.7 Å². The zero-order valence-corrected chi connectivity index (χ0v) is 9.11. The molecule has 4 nitrogen and oxygen atoms in total. The highest BCUT2D eigenvalue weighted by Crippen LogP contribution is 2.05. The number of ether oxygens (including phenoxy) is 1. The number of aromatic nitrogens is 2. The van der Waals surface area contributed by atoms with Gasteiger partial charge in [0.1, 0.15) is 4.60 Å². The third kappa shape index (κ3) is 2.63. The number of hydrogen-bond acceptors (Lipinski definition) is 3. The first-order chi connectivity index (χ1) is 6.15. The van der Waals surface area contributed by atoms with Gasteiger partial charge in [-0.3, -0.25) is 14.3 Å². The molecule has 0 N–H and O–H groups in total. The van der Waals surface area contributed by atoms with Gasteiger partial charge in [-0.05, 0) is 22.9 Å². The summed E-state index contributed by atoms with van der Waals surface area (Å²) in [5, 5.41) is 0. The monoisotopic (exact) mass is 246 g/mol. The van der Waals surface area contributed by atoms with E-state index in [1.165, 1.54) is 6.20 Å². The van der Waals surface area contributed by atoms with E-state index < -0.39 is 0 Å². The fourth-order valence-corrected chi connectivity index (χ4v) is 1.35. The lowest BCUT2D eigenvalue weighted by Crippen LogP contribution is -2.26. The second-order valence-electron chi connectivity index (χ2n) is 2.73. The minimum Gasteiger partial charge on any atom is -0.380 e. The summed E-state index contributed by atoms with van der Waals surface area (Å²) in [4.78, 5) is 15.1. The molecular weight excluding hydrogens is 236 g/mol. The molecular formula is C8H11BrN2O2. The molecule has 0 amide bonds. The molecule has 72 valence electrons. The van der Waals surface area contributed by atoms with Gasteiger partial charge < -0.3 is 4.74 Å². The Morgan fingerprint density at radius 1 is 1.69 bits per heavy atom. The average molecular weight is 247 g/mol. The van der Waals surface area contributed by atoms with Crippen LogP contribution < -0.4 is 5.56 Å². The summed E-state index contributed by atoms with van der Waals surface area (Å²) in [5.74, 6) is 0. The van der Waals surface area contributed by atoms with Crippen LogP contribution in [0.15, 0.2) is 21.8 Å². The molecule has 0 fully saturated rings. The van der Waals surface area contributed by atoms with Crippen molar-refractivity contribution in [2.45, 2.75) is 19.6 Å². The zero-order chi connectivity index (χ0) is 9.84. The van der Waals surface area contributed by atoms with Gasteiger partial charge in [-0.15, -0.1) is 0 Å². The highest BCUT2D eigenvalue weighted by atomic mass is 79.9. The van der Waals surface area contributed by atoms with Crippen molar-refractivity contribution in [2.24, 2.45) is 0 Å². The molecule has 0 aromatic carbocycles. The molecule has 0 aliphatic carbocycles. The molecule has 1 heterocycles. The number of hydrogen-bond donors (Lipinski definition) is 0. The molecule has 1 aromatic heterocycles. The molecule has 13 heavy (non-hydrogen) atoms. The molecule has 0 aliphatic heterocycles. The second kappa shape index (κ2) is 4.53. The maximum absolute atomic E-state index is 11.3. The van der Waals surface area contributed by atoms with E-state index in [2.05, 4.69) is 20.9 Å². The van der Waals surface area contributed by atoms with Crippen molar-refractivity contribution < 1.29 is 4.74 Å². The van der Waals surface area contributed by atoms with Crippen LogP contribution in [-0.2, 0) is 11.3 Å². The third-order valence-corrected chi connectivity index (χ3v) is 2.36. The quantitative estimate of drug-likeness (QED) is 0.801. The van der Waals surface area contributed by atoms with E-state index >= 15 is 0 Å². The number of nitrogens with zero attached hydrogens (tertiary/aromatic N) is 2. The van der Waals surface area contributed by atoms with Crippen molar-refractivity contribution in [3.05, 3.63) is 27.4 Å². The summed E-state index contributed by atoms with van der Waals surface area (Å²) < 4.78 is 7.30. The number of halogens is 1. The van der Waals surface area contributed by atoms with E-state index in [9.17, 15) is 4.79 Å². The second-order valence-corrected chi connectivity index (χ2v) is 3.54. The Morgan fingerprint density at radius 2 is 2.38 bits per heavy atom. The van der Waals surface area contributed by atoms with Crippen molar-refractivity contribution in [1.82, 2.24) is 9.55 Å². The Kier molecular flexibility index (Phi) is 3.62. The van der Waals surface area contributed by atoms with Gasteiger partial charge in [-0.2, -0.15) is 0 Å². The Bertz CT molecular complexity index is 337. The lowest BCUT2D eigenvalue weighted by molar-refractivity contribution is 0.101. The first-order valence-corrected chi connectivity index (χ1v) is 4.67. The smallest absolute Gasteiger partial charge is 0.269 e. The summed E-state index contributed by atoms with van der Waals surface area (Å²) in [6, 6.07) is 0. The topological polar surface area (TPSA) is 44.1 Å². The van der Waals surface area contributed by atoms with Gasteiger partial charge >= 0.3 is 0 Å². The van der Waals surface area contributed by atoms with Gasteiger partial charge in [0.2, 0.25) is 0 Å². The van der Waals surface area contributed by atoms with Crippen LogP contribution in [0.25, 0.3) is 0 Å². The molecule has 0 bridgehead atoms. The van der Waals surface area contributed by atoms with Crippen LogP contribution in [0.1, 0.15) is 6.92 Å². The first-order valence-electron chi connectivity index (χ1n) is 3.88. The van der Waals surface area contributed by atoms with Crippen LogP contribution in [0, 0.1) is 0 Å². The fraction of sp³-hybridized carbons (Fsp3) is 0.500. The lowest BCUT2D eigenvalue weighted by atomic mass is 10.4. The van der Waals surface area contributed by atoms with E-state index in [0.29, 0.717) is 11.1 Å². The van der Waals surface area contributed by atoms with Gasteiger partial charge in [-0.1, -0.05) is 0 Å². The van der Waals surface area contributed by atoms with Crippen LogP contribution in [-0.4, -0.2) is 22.8 Å². The van der Waals surface area contributed by atoms with Crippen molar-refractivity contribution in [3.63, 3.8) is 0 Å². The molecule has 0 saturated heterocycles. The SMILES string of the molecule is COC(C)Cn1c(Br)cncc1=O. The highest BCUT2D eigenvalue weighted by Gasteiger charge is 2.05. The maximum Gasteiger partial charge on any atom is 0.269 e. The zero-order valence-electron chi connectivity index (χ0n) is 7.53. The average Bonchev–Trinajstić information content (AvgIpc) is 2.11. The number of methoxy groups -OCH3 is 1. The van der Waals surface area contributed by atoms with Gasteiger partial charge in [0.25, 0.3) is 5.56 Å².